The van der Waals surface area contributed by atoms with Crippen molar-refractivity contribution in [2.75, 3.05) is 12.3 Å². The van der Waals surface area contributed by atoms with E-state index in [-0.39, 0.29) is 40.5 Å². The summed E-state index contributed by atoms with van der Waals surface area (Å²) in [6, 6.07) is 0. The number of hydrogen-bond donors (Lipinski definition) is 5. The number of ether oxygens (including phenoxy) is 1. The third-order valence-electron chi connectivity index (χ3n) is 3.70. The van der Waals surface area contributed by atoms with Crippen molar-refractivity contribution in [2.45, 2.75) is 24.9 Å². The fraction of sp³-hybridized carbons (Fsp3) is 0.500. The summed E-state index contributed by atoms with van der Waals surface area (Å²) in [6.45, 7) is -0.849. The molecule has 5 atom stereocenters. The second-order valence-electron chi connectivity index (χ2n) is 5.87. The maximum atomic E-state index is 12.2. The summed E-state index contributed by atoms with van der Waals surface area (Å²) in [5.41, 5.74) is 6.25. The molecule has 0 bridgehead atoms. The molecule has 1 radical (unpaired) electrons. The van der Waals surface area contributed by atoms with E-state index in [1.807, 2.05) is 0 Å². The molecule has 6 N–H and O–H groups in total. The zero-order chi connectivity index (χ0) is 22.3. The summed E-state index contributed by atoms with van der Waals surface area (Å²) in [6.07, 6.45) is -1.22. The minimum atomic E-state index is -5.65. The van der Waals surface area contributed by atoms with Crippen LogP contribution in [0, 0.1) is 0 Å². The first-order chi connectivity index (χ1) is 13.8. The monoisotopic (exact) mass is 545 g/mol. The number of nitrogens with zero attached hydrogens (tertiary/aromatic N) is 4. The van der Waals surface area contributed by atoms with E-state index in [4.69, 9.17) is 25.2 Å². The third kappa shape index (κ3) is 6.84. The number of aromatic nitrogens is 4. The SMILES string of the molecule is Nc1ncnc2c1ncn2[C@H]1C[C@H]([O-])[C@@H](COP(=O)(O)OP(=O)(O)OP(=O)(O)O)O1.[Mn+2]. The van der Waals surface area contributed by atoms with Crippen LogP contribution in [0.1, 0.15) is 12.6 Å². The van der Waals surface area contributed by atoms with Crippen LogP contribution in [-0.4, -0.2) is 57.9 Å². The van der Waals surface area contributed by atoms with Crippen LogP contribution in [0.3, 0.4) is 0 Å². The fourth-order valence-electron chi connectivity index (χ4n) is 2.57. The number of nitrogens with two attached hydrogens (primary N) is 1. The van der Waals surface area contributed by atoms with Gasteiger partial charge in [0.1, 0.15) is 18.1 Å². The topological polar surface area (TPSA) is 262 Å². The molecule has 1 saturated heterocycles. The number of hydrogen-bond acceptors (Lipinski definition) is 12. The minimum Gasteiger partial charge on any atom is -0.850 e. The van der Waals surface area contributed by atoms with Crippen LogP contribution in [0.5, 0.6) is 0 Å². The second-order valence-corrected chi connectivity index (χ2v) is 10.3. The van der Waals surface area contributed by atoms with Gasteiger partial charge in [0.05, 0.1) is 19.0 Å². The summed E-state index contributed by atoms with van der Waals surface area (Å²) in [7, 11) is -16.5. The number of nitrogen functional groups attached to an aromatic ring is 1. The molecular weight excluding hydrogens is 530 g/mol. The number of anilines is 1. The standard InChI is InChI=1S/C10H15N5O12P3.Mn/c11-9-8-10(13-3-12-9)15(4-14-8)7-1-5(16)6(25-7)2-24-29(20,21)27-30(22,23)26-28(17,18)19;/h3-7H,1-2H2,(H,20,21)(H,22,23)(H2,11,12,13)(H2,17,18,19);/q-1;+2/t5-,6+,7+;/m0./s1. The molecule has 0 saturated carbocycles. The molecule has 2 unspecified atom stereocenters. The molecule has 2 aromatic rings. The van der Waals surface area contributed by atoms with Crippen LogP contribution in [0.15, 0.2) is 12.7 Å². The van der Waals surface area contributed by atoms with Crippen LogP contribution < -0.4 is 10.8 Å². The van der Waals surface area contributed by atoms with Gasteiger partial charge in [0.2, 0.25) is 0 Å². The molecule has 0 amide bonds. The van der Waals surface area contributed by atoms with Crippen molar-refractivity contribution in [3.8, 4) is 0 Å². The molecule has 1 fully saturated rings. The third-order valence-corrected chi connectivity index (χ3v) is 7.50. The Kier molecular flexibility index (Phi) is 8.19. The van der Waals surface area contributed by atoms with Gasteiger partial charge < -0.3 is 35.2 Å². The number of phosphoric acid groups is 3. The van der Waals surface area contributed by atoms with Gasteiger partial charge in [0.25, 0.3) is 0 Å². The van der Waals surface area contributed by atoms with Crippen molar-refractivity contribution in [1.29, 1.82) is 0 Å². The zero-order valence-electron chi connectivity index (χ0n) is 14.9. The summed E-state index contributed by atoms with van der Waals surface area (Å²) in [5.74, 6) is 0.111. The van der Waals surface area contributed by atoms with E-state index in [9.17, 15) is 23.7 Å². The molecule has 1 aliphatic rings. The summed E-state index contributed by atoms with van der Waals surface area (Å²) < 4.78 is 52.1. The average Bonchev–Trinajstić information content (AvgIpc) is 3.14. The molecule has 0 aromatic carbocycles. The van der Waals surface area contributed by atoms with E-state index in [1.165, 1.54) is 17.2 Å². The van der Waals surface area contributed by atoms with Gasteiger partial charge in [-0.2, -0.15) is 8.62 Å². The van der Waals surface area contributed by atoms with E-state index < -0.39 is 48.5 Å². The zero-order valence-corrected chi connectivity index (χ0v) is 18.8. The van der Waals surface area contributed by atoms with Crippen molar-refractivity contribution in [2.24, 2.45) is 0 Å². The Hall–Kier alpha value is -0.801. The Morgan fingerprint density at radius 1 is 1.16 bits per heavy atom. The minimum absolute atomic E-state index is 0. The molecule has 0 spiro atoms. The first kappa shape index (κ1) is 26.5. The Morgan fingerprint density at radius 3 is 2.48 bits per heavy atom. The molecule has 2 aromatic heterocycles. The Labute approximate surface area is 183 Å². The first-order valence-electron chi connectivity index (χ1n) is 7.79. The van der Waals surface area contributed by atoms with Gasteiger partial charge >= 0.3 is 40.5 Å². The molecule has 31 heavy (non-hydrogen) atoms. The van der Waals surface area contributed by atoms with E-state index in [2.05, 4.69) is 28.1 Å². The van der Waals surface area contributed by atoms with Gasteiger partial charge in [-0.25, -0.2) is 28.6 Å². The molecule has 3 heterocycles. The molecular formula is C10H15MnN5O12P3+. The summed E-state index contributed by atoms with van der Waals surface area (Å²) in [5, 5.41) is 12.2. The summed E-state index contributed by atoms with van der Waals surface area (Å²) >= 11 is 0. The van der Waals surface area contributed by atoms with Crippen LogP contribution in [0.2, 0.25) is 0 Å². The van der Waals surface area contributed by atoms with Gasteiger partial charge in [-0.3, -0.25) is 9.09 Å². The number of phosphoric ester groups is 1. The van der Waals surface area contributed by atoms with Gasteiger partial charge in [-0.1, -0.05) is 6.10 Å². The molecule has 1 aliphatic heterocycles. The average molecular weight is 545 g/mol. The molecule has 3 rings (SSSR count). The Bertz CT molecular complexity index is 1080. The van der Waals surface area contributed by atoms with Gasteiger partial charge in [0, 0.05) is 0 Å². The predicted molar refractivity (Wildman–Crippen MR) is 91.9 cm³/mol. The van der Waals surface area contributed by atoms with Crippen molar-refractivity contribution in [3.63, 3.8) is 0 Å². The second kappa shape index (κ2) is 9.59. The van der Waals surface area contributed by atoms with Gasteiger partial charge in [-0.15, -0.1) is 0 Å². The van der Waals surface area contributed by atoms with Crippen LogP contribution in [0.25, 0.3) is 11.2 Å². The number of rotatable bonds is 8. The van der Waals surface area contributed by atoms with Crippen molar-refractivity contribution in [3.05, 3.63) is 12.7 Å². The number of imidazole rings is 1. The van der Waals surface area contributed by atoms with Crippen molar-refractivity contribution >= 4 is 40.4 Å². The quantitative estimate of drug-likeness (QED) is 0.192. The van der Waals surface area contributed by atoms with E-state index in [0.717, 1.165) is 0 Å². The van der Waals surface area contributed by atoms with Gasteiger partial charge in [-0.05, 0) is 6.42 Å². The van der Waals surface area contributed by atoms with Gasteiger partial charge in [0.15, 0.2) is 11.5 Å². The van der Waals surface area contributed by atoms with Crippen molar-refractivity contribution < 1.29 is 73.3 Å². The molecule has 0 aliphatic carbocycles. The summed E-state index contributed by atoms with van der Waals surface area (Å²) in [4.78, 5) is 47.3. The maximum absolute atomic E-state index is 12.2. The number of fused-ring (bicyclic) bond motifs is 1. The van der Waals surface area contributed by atoms with Crippen LogP contribution >= 0.6 is 23.5 Å². The van der Waals surface area contributed by atoms with Crippen molar-refractivity contribution in [1.82, 2.24) is 19.5 Å². The Morgan fingerprint density at radius 2 is 1.84 bits per heavy atom. The largest absolute Gasteiger partial charge is 2.00 e. The fourth-order valence-corrected chi connectivity index (χ4v) is 5.60. The van der Waals surface area contributed by atoms with Crippen LogP contribution in [0.4, 0.5) is 5.82 Å². The maximum Gasteiger partial charge on any atom is 2.00 e. The first-order valence-corrected chi connectivity index (χ1v) is 12.3. The van der Waals surface area contributed by atoms with E-state index in [1.54, 1.807) is 0 Å². The van der Waals surface area contributed by atoms with Crippen LogP contribution in [-0.2, 0) is 48.6 Å². The van der Waals surface area contributed by atoms with E-state index in [0.29, 0.717) is 0 Å². The Balaban J connectivity index is 0.00000341. The molecule has 21 heteroatoms. The molecule has 173 valence electrons. The van der Waals surface area contributed by atoms with E-state index >= 15 is 0 Å². The smallest absolute Gasteiger partial charge is 0.850 e. The predicted octanol–water partition coefficient (Wildman–Crippen LogP) is -1.23. The normalized spacial score (nSPS) is 25.6. The molecule has 17 nitrogen and oxygen atoms in total.